The van der Waals surface area contributed by atoms with Crippen molar-refractivity contribution in [1.82, 2.24) is 5.32 Å². The molecule has 1 aromatic rings. The van der Waals surface area contributed by atoms with E-state index in [1.807, 2.05) is 12.1 Å². The van der Waals surface area contributed by atoms with E-state index in [4.69, 9.17) is 5.11 Å². The predicted octanol–water partition coefficient (Wildman–Crippen LogP) is 1.84. The second-order valence-corrected chi connectivity index (χ2v) is 5.25. The van der Waals surface area contributed by atoms with Crippen LogP contribution >= 0.6 is 0 Å². The monoisotopic (exact) mass is 249 g/mol. The van der Waals surface area contributed by atoms with Gasteiger partial charge in [-0.1, -0.05) is 45.0 Å². The van der Waals surface area contributed by atoms with Crippen LogP contribution < -0.4 is 5.32 Å². The van der Waals surface area contributed by atoms with Crippen LogP contribution in [0.3, 0.4) is 0 Å². The second-order valence-electron chi connectivity index (χ2n) is 5.25. The molecular formula is C14H19NO3. The summed E-state index contributed by atoms with van der Waals surface area (Å²) in [7, 11) is 0. The van der Waals surface area contributed by atoms with Gasteiger partial charge in [0.25, 0.3) is 0 Å². The smallest absolute Gasteiger partial charge is 0.317 e. The van der Waals surface area contributed by atoms with Crippen LogP contribution in [0.1, 0.15) is 36.7 Å². The van der Waals surface area contributed by atoms with E-state index in [9.17, 15) is 9.59 Å². The van der Waals surface area contributed by atoms with Crippen LogP contribution in [0.15, 0.2) is 24.3 Å². The van der Waals surface area contributed by atoms with Gasteiger partial charge in [0, 0.05) is 5.56 Å². The van der Waals surface area contributed by atoms with Crippen molar-refractivity contribution in [3.05, 3.63) is 35.4 Å². The van der Waals surface area contributed by atoms with Crippen molar-refractivity contribution < 1.29 is 14.7 Å². The van der Waals surface area contributed by atoms with Crippen molar-refractivity contribution in [3.63, 3.8) is 0 Å². The molecule has 2 N–H and O–H groups in total. The summed E-state index contributed by atoms with van der Waals surface area (Å²) in [5.74, 6) is -1.07. The lowest BCUT2D eigenvalue weighted by atomic mass is 9.86. The van der Waals surface area contributed by atoms with Crippen molar-refractivity contribution in [2.24, 2.45) is 0 Å². The molecule has 1 aromatic carbocycles. The van der Waals surface area contributed by atoms with Gasteiger partial charge < -0.3 is 5.11 Å². The lowest BCUT2D eigenvalue weighted by Crippen LogP contribution is -2.28. The van der Waals surface area contributed by atoms with E-state index in [0.717, 1.165) is 5.56 Å². The number of hydrogen-bond acceptors (Lipinski definition) is 3. The first-order chi connectivity index (χ1) is 8.30. The van der Waals surface area contributed by atoms with Gasteiger partial charge in [-0.25, -0.2) is 0 Å². The predicted molar refractivity (Wildman–Crippen MR) is 70.0 cm³/mol. The lowest BCUT2D eigenvalue weighted by molar-refractivity contribution is -0.135. The van der Waals surface area contributed by atoms with Gasteiger partial charge in [0.2, 0.25) is 0 Å². The van der Waals surface area contributed by atoms with Crippen LogP contribution in [0.4, 0.5) is 0 Å². The molecule has 1 rings (SSSR count). The van der Waals surface area contributed by atoms with Gasteiger partial charge in [-0.05, 0) is 11.0 Å². The Morgan fingerprint density at radius 2 is 1.67 bits per heavy atom. The third kappa shape index (κ3) is 4.30. The summed E-state index contributed by atoms with van der Waals surface area (Å²) in [6.45, 7) is 6.17. The Morgan fingerprint density at radius 1 is 1.11 bits per heavy atom. The number of rotatable bonds is 5. The molecule has 0 fully saturated rings. The van der Waals surface area contributed by atoms with Crippen LogP contribution in [-0.2, 0) is 10.2 Å². The minimum atomic E-state index is -0.967. The Kier molecular flexibility index (Phi) is 4.62. The fourth-order valence-corrected chi connectivity index (χ4v) is 1.54. The summed E-state index contributed by atoms with van der Waals surface area (Å²) in [6.07, 6.45) is 0. The van der Waals surface area contributed by atoms with Crippen LogP contribution in [0.5, 0.6) is 0 Å². The fraction of sp³-hybridized carbons (Fsp3) is 0.429. The summed E-state index contributed by atoms with van der Waals surface area (Å²) in [5, 5.41) is 11.0. The van der Waals surface area contributed by atoms with Crippen molar-refractivity contribution >= 4 is 11.8 Å². The van der Waals surface area contributed by atoms with Gasteiger partial charge in [0.1, 0.15) is 0 Å². The fourth-order valence-electron chi connectivity index (χ4n) is 1.54. The average molecular weight is 249 g/mol. The molecule has 0 aromatic heterocycles. The number of nitrogens with one attached hydrogen (secondary N) is 1. The molecule has 0 aliphatic rings. The number of aliphatic carboxylic acids is 1. The van der Waals surface area contributed by atoms with Gasteiger partial charge in [-0.2, -0.15) is 0 Å². The Morgan fingerprint density at radius 3 is 2.11 bits per heavy atom. The van der Waals surface area contributed by atoms with Crippen molar-refractivity contribution in [3.8, 4) is 0 Å². The molecule has 0 aliphatic heterocycles. The maximum absolute atomic E-state index is 11.7. The molecule has 0 heterocycles. The van der Waals surface area contributed by atoms with Gasteiger partial charge in [-0.15, -0.1) is 0 Å². The van der Waals surface area contributed by atoms with E-state index >= 15 is 0 Å². The number of carboxylic acid groups (broad SMARTS) is 1. The highest BCUT2D eigenvalue weighted by Crippen LogP contribution is 2.22. The quantitative estimate of drug-likeness (QED) is 0.781. The summed E-state index contributed by atoms with van der Waals surface area (Å²) < 4.78 is 0. The normalized spacial score (nSPS) is 11.3. The number of Topliss-reactive ketones (excluding diaryl/α,β-unsaturated/α-hetero) is 1. The first-order valence-electron chi connectivity index (χ1n) is 5.87. The molecule has 0 spiro atoms. The Balaban J connectivity index is 2.62. The number of benzene rings is 1. The van der Waals surface area contributed by atoms with Crippen LogP contribution in [0.2, 0.25) is 0 Å². The third-order valence-electron chi connectivity index (χ3n) is 2.63. The van der Waals surface area contributed by atoms with Crippen LogP contribution in [-0.4, -0.2) is 29.9 Å². The van der Waals surface area contributed by atoms with Crippen LogP contribution in [0.25, 0.3) is 0 Å². The number of carbonyl (C=O) groups is 2. The van der Waals surface area contributed by atoms with Crippen molar-refractivity contribution in [2.75, 3.05) is 13.1 Å². The summed E-state index contributed by atoms with van der Waals surface area (Å²) in [4.78, 5) is 22.0. The van der Waals surface area contributed by atoms with Crippen LogP contribution in [0, 0.1) is 0 Å². The molecule has 0 bridgehead atoms. The minimum absolute atomic E-state index is 0.0428. The highest BCUT2D eigenvalue weighted by Gasteiger charge is 2.14. The zero-order valence-corrected chi connectivity index (χ0v) is 11.0. The molecular weight excluding hydrogens is 230 g/mol. The van der Waals surface area contributed by atoms with E-state index < -0.39 is 5.97 Å². The number of hydrogen-bond donors (Lipinski definition) is 2. The van der Waals surface area contributed by atoms with E-state index in [1.54, 1.807) is 12.1 Å². The molecule has 0 radical (unpaired) electrons. The summed E-state index contributed by atoms with van der Waals surface area (Å²) in [5.41, 5.74) is 1.82. The average Bonchev–Trinajstić information content (AvgIpc) is 2.27. The SMILES string of the molecule is CC(C)(C)c1ccc(C(=O)CNCC(=O)O)cc1. The van der Waals surface area contributed by atoms with Gasteiger partial charge in [0.15, 0.2) is 5.78 Å². The number of carboxylic acids is 1. The lowest BCUT2D eigenvalue weighted by Gasteiger charge is -2.18. The Bertz CT molecular complexity index is 429. The minimum Gasteiger partial charge on any atom is -0.480 e. The molecule has 0 atom stereocenters. The summed E-state index contributed by atoms with van der Waals surface area (Å²) in [6, 6.07) is 7.44. The number of carbonyl (C=O) groups excluding carboxylic acids is 1. The van der Waals surface area contributed by atoms with Crippen molar-refractivity contribution in [1.29, 1.82) is 0 Å². The molecule has 0 saturated carbocycles. The van der Waals surface area contributed by atoms with E-state index in [-0.39, 0.29) is 24.3 Å². The van der Waals surface area contributed by atoms with Gasteiger partial charge in [-0.3, -0.25) is 14.9 Å². The maximum atomic E-state index is 11.7. The first kappa shape index (κ1) is 14.4. The zero-order valence-electron chi connectivity index (χ0n) is 11.0. The number of ketones is 1. The molecule has 0 amide bonds. The summed E-state index contributed by atoms with van der Waals surface area (Å²) >= 11 is 0. The topological polar surface area (TPSA) is 66.4 Å². The van der Waals surface area contributed by atoms with E-state index in [0.29, 0.717) is 5.56 Å². The van der Waals surface area contributed by atoms with Crippen molar-refractivity contribution in [2.45, 2.75) is 26.2 Å². The third-order valence-corrected chi connectivity index (χ3v) is 2.63. The van der Waals surface area contributed by atoms with Gasteiger partial charge in [0.05, 0.1) is 13.1 Å². The Hall–Kier alpha value is -1.68. The molecule has 0 aliphatic carbocycles. The Labute approximate surface area is 107 Å². The largest absolute Gasteiger partial charge is 0.480 e. The standard InChI is InChI=1S/C14H19NO3/c1-14(2,3)11-6-4-10(5-7-11)12(16)8-15-9-13(17)18/h4-7,15H,8-9H2,1-3H3,(H,17,18). The van der Waals surface area contributed by atoms with E-state index in [1.165, 1.54) is 0 Å². The zero-order chi connectivity index (χ0) is 13.8. The first-order valence-corrected chi connectivity index (χ1v) is 5.87. The maximum Gasteiger partial charge on any atom is 0.317 e. The highest BCUT2D eigenvalue weighted by molar-refractivity contribution is 5.97. The molecule has 0 saturated heterocycles. The molecule has 0 unspecified atom stereocenters. The molecule has 98 valence electrons. The molecule has 18 heavy (non-hydrogen) atoms. The highest BCUT2D eigenvalue weighted by atomic mass is 16.4. The second kappa shape index (κ2) is 5.78. The van der Waals surface area contributed by atoms with E-state index in [2.05, 4.69) is 26.1 Å². The molecule has 4 heteroatoms. The van der Waals surface area contributed by atoms with Gasteiger partial charge >= 0.3 is 5.97 Å². The molecule has 4 nitrogen and oxygen atoms in total.